The highest BCUT2D eigenvalue weighted by atomic mass is 32.1. The minimum absolute atomic E-state index is 0.286. The van der Waals surface area contributed by atoms with E-state index in [1.165, 1.54) is 22.7 Å². The van der Waals surface area contributed by atoms with Gasteiger partial charge in [-0.15, -0.1) is 11.3 Å². The second-order valence-corrected chi connectivity index (χ2v) is 10.3. The van der Waals surface area contributed by atoms with Crippen molar-refractivity contribution in [2.75, 3.05) is 5.32 Å². The van der Waals surface area contributed by atoms with Gasteiger partial charge in [0.05, 0.1) is 11.4 Å². The van der Waals surface area contributed by atoms with Crippen LogP contribution in [0.15, 0.2) is 49.1 Å². The molecule has 35 heavy (non-hydrogen) atoms. The molecule has 4 heterocycles. The van der Waals surface area contributed by atoms with E-state index in [4.69, 9.17) is 9.84 Å². The number of hydrogen-bond acceptors (Lipinski definition) is 9. The van der Waals surface area contributed by atoms with Crippen LogP contribution < -0.4 is 5.32 Å². The quantitative estimate of drug-likeness (QED) is 0.338. The summed E-state index contributed by atoms with van der Waals surface area (Å²) in [4.78, 5) is 39.5. The van der Waals surface area contributed by atoms with Gasteiger partial charge in [-0.25, -0.2) is 19.6 Å². The van der Waals surface area contributed by atoms with Gasteiger partial charge in [0.1, 0.15) is 25.5 Å². The summed E-state index contributed by atoms with van der Waals surface area (Å²) in [6.45, 7) is 9.02. The molecule has 0 bridgehead atoms. The summed E-state index contributed by atoms with van der Waals surface area (Å²) in [7, 11) is 0. The topological polar surface area (TPSA) is 127 Å². The fourth-order valence-electron chi connectivity index (χ4n) is 2.73. The fourth-order valence-corrected chi connectivity index (χ4v) is 4.57. The van der Waals surface area contributed by atoms with Crippen LogP contribution in [0.4, 0.5) is 9.80 Å². The normalized spacial score (nSPS) is 10.8. The molecule has 0 saturated heterocycles. The third kappa shape index (κ3) is 7.39. The minimum atomic E-state index is -0.930. The number of anilines is 1. The van der Waals surface area contributed by atoms with E-state index < -0.39 is 17.7 Å². The molecule has 0 aliphatic heterocycles. The largest absolute Gasteiger partial charge is 0.477 e. The number of pyridine rings is 2. The van der Waals surface area contributed by atoms with E-state index in [9.17, 15) is 9.59 Å². The van der Waals surface area contributed by atoms with E-state index in [0.29, 0.717) is 15.7 Å². The van der Waals surface area contributed by atoms with E-state index in [2.05, 4.69) is 25.3 Å². The summed E-state index contributed by atoms with van der Waals surface area (Å²) < 4.78 is 5.23. The number of ether oxygens (including phenoxy) is 1. The first-order valence-corrected chi connectivity index (χ1v) is 12.2. The average molecular weight is 512 g/mol. The molecule has 0 saturated carbocycles. The van der Waals surface area contributed by atoms with Crippen LogP contribution in [-0.2, 0) is 4.74 Å². The third-order valence-corrected chi connectivity index (χ3v) is 6.54. The van der Waals surface area contributed by atoms with Gasteiger partial charge in [-0.2, -0.15) is 0 Å². The van der Waals surface area contributed by atoms with Crippen LogP contribution in [0.2, 0.25) is 0 Å². The van der Waals surface area contributed by atoms with Gasteiger partial charge in [-0.3, -0.25) is 15.3 Å². The van der Waals surface area contributed by atoms with Crippen LogP contribution >= 0.6 is 22.7 Å². The Morgan fingerprint density at radius 1 is 0.914 bits per heavy atom. The lowest BCUT2D eigenvalue weighted by molar-refractivity contribution is 0.0634. The zero-order valence-electron chi connectivity index (χ0n) is 19.9. The zero-order chi connectivity index (χ0) is 25.6. The molecule has 1 amide bonds. The Labute approximate surface area is 210 Å². The van der Waals surface area contributed by atoms with Crippen LogP contribution in [0.5, 0.6) is 0 Å². The van der Waals surface area contributed by atoms with Gasteiger partial charge in [0.25, 0.3) is 0 Å². The number of nitrogens with one attached hydrogen (secondary N) is 1. The van der Waals surface area contributed by atoms with E-state index in [-0.39, 0.29) is 4.88 Å². The average Bonchev–Trinajstić information content (AvgIpc) is 3.37. The third-order valence-electron chi connectivity index (χ3n) is 4.22. The van der Waals surface area contributed by atoms with E-state index in [0.717, 1.165) is 21.8 Å². The van der Waals surface area contributed by atoms with Crippen molar-refractivity contribution in [3.05, 3.63) is 65.3 Å². The second-order valence-electron chi connectivity index (χ2n) is 8.28. The number of aromatic nitrogens is 4. The number of carbonyl (C=O) groups is 2. The van der Waals surface area contributed by atoms with Crippen molar-refractivity contribution in [2.45, 2.75) is 40.2 Å². The van der Waals surface area contributed by atoms with Gasteiger partial charge in [0.2, 0.25) is 0 Å². The first-order valence-electron chi connectivity index (χ1n) is 10.5. The zero-order valence-corrected chi connectivity index (χ0v) is 21.5. The molecule has 0 unspecified atom stereocenters. The number of thiazole rings is 2. The molecule has 0 aromatic carbocycles. The lowest BCUT2D eigenvalue weighted by Gasteiger charge is -2.19. The van der Waals surface area contributed by atoms with Gasteiger partial charge in [-0.1, -0.05) is 11.3 Å². The Kier molecular flexibility index (Phi) is 8.26. The van der Waals surface area contributed by atoms with Gasteiger partial charge in [-0.05, 0) is 58.9 Å². The van der Waals surface area contributed by atoms with Crippen molar-refractivity contribution in [3.8, 4) is 21.1 Å². The molecule has 4 rings (SSSR count). The first kappa shape index (κ1) is 25.9. The Balaban J connectivity index is 0.000000203. The number of hydrogen-bond donors (Lipinski definition) is 2. The molecule has 182 valence electrons. The maximum Gasteiger partial charge on any atom is 0.412 e. The van der Waals surface area contributed by atoms with Crippen molar-refractivity contribution in [1.29, 1.82) is 0 Å². The molecule has 4 aromatic rings. The lowest BCUT2D eigenvalue weighted by Crippen LogP contribution is -2.27. The van der Waals surface area contributed by atoms with Crippen molar-refractivity contribution in [3.63, 3.8) is 0 Å². The number of carboxylic acid groups (broad SMARTS) is 1. The summed E-state index contributed by atoms with van der Waals surface area (Å²) in [6.07, 6.45) is 6.33. The maximum absolute atomic E-state index is 11.8. The van der Waals surface area contributed by atoms with Gasteiger partial charge >= 0.3 is 12.1 Å². The SMILES string of the molecule is Cc1nc(-c2cccnc2)sc1C(=O)O.Cc1nc(-c2cccnc2)sc1NC(=O)OC(C)(C)C. The maximum atomic E-state index is 11.8. The van der Waals surface area contributed by atoms with E-state index >= 15 is 0 Å². The summed E-state index contributed by atoms with van der Waals surface area (Å²) in [5, 5.41) is 13.8. The molecule has 11 heteroatoms. The monoisotopic (exact) mass is 511 g/mol. The van der Waals surface area contributed by atoms with Crippen molar-refractivity contribution < 1.29 is 19.4 Å². The number of carboxylic acids is 1. The van der Waals surface area contributed by atoms with Crippen LogP contribution in [-0.4, -0.2) is 42.7 Å². The van der Waals surface area contributed by atoms with Crippen molar-refractivity contribution in [1.82, 2.24) is 19.9 Å². The lowest BCUT2D eigenvalue weighted by atomic mass is 10.2. The van der Waals surface area contributed by atoms with E-state index in [1.807, 2.05) is 45.9 Å². The minimum Gasteiger partial charge on any atom is -0.477 e. The number of carbonyl (C=O) groups excluding carboxylic acids is 1. The van der Waals surface area contributed by atoms with Crippen LogP contribution in [0.25, 0.3) is 21.1 Å². The standard InChI is InChI=1S/C14H17N3O2S.C10H8N2O2S/c1-9-11(17-13(18)19-14(2,3)4)20-12(16-9)10-6-5-7-15-8-10;1-6-8(10(13)14)15-9(12-6)7-3-2-4-11-5-7/h5-8H,1-4H3,(H,17,18);2-5H,1H3,(H,13,14). The van der Waals surface area contributed by atoms with Crippen LogP contribution in [0.1, 0.15) is 41.8 Å². The summed E-state index contributed by atoms with van der Waals surface area (Å²) in [6, 6.07) is 7.44. The number of rotatable bonds is 4. The Hall–Kier alpha value is -3.70. The molecule has 0 aliphatic carbocycles. The molecule has 0 spiro atoms. The smallest absolute Gasteiger partial charge is 0.412 e. The molecule has 0 aliphatic rings. The molecule has 4 aromatic heterocycles. The molecule has 0 fully saturated rings. The highest BCUT2D eigenvalue weighted by molar-refractivity contribution is 7.19. The van der Waals surface area contributed by atoms with Crippen molar-refractivity contribution in [2.24, 2.45) is 0 Å². The summed E-state index contributed by atoms with van der Waals surface area (Å²) >= 11 is 2.57. The number of amides is 1. The molecule has 0 atom stereocenters. The van der Waals surface area contributed by atoms with Gasteiger partial charge in [0, 0.05) is 35.9 Å². The van der Waals surface area contributed by atoms with E-state index in [1.54, 1.807) is 37.8 Å². The van der Waals surface area contributed by atoms with Crippen LogP contribution in [0.3, 0.4) is 0 Å². The number of aryl methyl sites for hydroxylation is 2. The molecule has 2 N–H and O–H groups in total. The first-order chi connectivity index (χ1) is 16.5. The number of aromatic carboxylic acids is 1. The fraction of sp³-hybridized carbons (Fsp3) is 0.250. The highest BCUT2D eigenvalue weighted by Gasteiger charge is 2.19. The summed E-state index contributed by atoms with van der Waals surface area (Å²) in [5.41, 5.74) is 2.57. The molecule has 0 radical (unpaired) electrons. The number of nitrogens with zero attached hydrogens (tertiary/aromatic N) is 4. The summed E-state index contributed by atoms with van der Waals surface area (Å²) in [5.74, 6) is -0.930. The molecule has 9 nitrogen and oxygen atoms in total. The predicted molar refractivity (Wildman–Crippen MR) is 137 cm³/mol. The van der Waals surface area contributed by atoms with Gasteiger partial charge < -0.3 is 9.84 Å². The Bertz CT molecular complexity index is 1300. The predicted octanol–water partition coefficient (Wildman–Crippen LogP) is 6.07. The second kappa shape index (κ2) is 11.2. The molecular weight excluding hydrogens is 486 g/mol. The van der Waals surface area contributed by atoms with Crippen LogP contribution in [0, 0.1) is 13.8 Å². The van der Waals surface area contributed by atoms with Crippen molar-refractivity contribution >= 4 is 39.7 Å². The Morgan fingerprint density at radius 2 is 1.46 bits per heavy atom. The highest BCUT2D eigenvalue weighted by Crippen LogP contribution is 2.31. The molecular formula is C24H25N5O4S2. The van der Waals surface area contributed by atoms with Gasteiger partial charge in [0.15, 0.2) is 0 Å². The Morgan fingerprint density at radius 3 is 1.91 bits per heavy atom.